The van der Waals surface area contributed by atoms with Crippen molar-refractivity contribution >= 4 is 0 Å². The molecule has 3 heteroatoms. The highest BCUT2D eigenvalue weighted by Crippen LogP contribution is 2.50. The molecule has 3 unspecified atom stereocenters. The lowest BCUT2D eigenvalue weighted by Crippen LogP contribution is -2.18. The summed E-state index contributed by atoms with van der Waals surface area (Å²) >= 11 is 0. The lowest BCUT2D eigenvalue weighted by Gasteiger charge is -2.24. The van der Waals surface area contributed by atoms with Crippen LogP contribution in [-0.2, 0) is 6.42 Å². The summed E-state index contributed by atoms with van der Waals surface area (Å²) < 4.78 is 2.40. The number of imidazole rings is 1. The van der Waals surface area contributed by atoms with Gasteiger partial charge in [-0.25, -0.2) is 4.98 Å². The number of hydrogen-bond donors (Lipinski definition) is 1. The molecule has 82 valence electrons. The molecule has 2 fully saturated rings. The smallest absolute Gasteiger partial charge is 0.0950 e. The molecule has 2 bridgehead atoms. The van der Waals surface area contributed by atoms with Crippen molar-refractivity contribution in [2.45, 2.75) is 38.1 Å². The zero-order valence-electron chi connectivity index (χ0n) is 9.10. The van der Waals surface area contributed by atoms with Crippen molar-refractivity contribution in [3.8, 4) is 0 Å². The monoisotopic (exact) mass is 205 g/mol. The summed E-state index contributed by atoms with van der Waals surface area (Å²) in [6, 6.07) is 0.729. The zero-order chi connectivity index (χ0) is 10.3. The number of nitrogens with two attached hydrogens (primary N) is 1. The standard InChI is InChI=1S/C12H19N3/c13-4-3-11-7-14-8-15(11)12-6-9-1-2-10(12)5-9/h7-10,12H,1-6,13H2. The first kappa shape index (κ1) is 9.40. The average Bonchev–Trinajstić information content (AvgIpc) is 2.91. The summed E-state index contributed by atoms with van der Waals surface area (Å²) in [4.78, 5) is 4.28. The van der Waals surface area contributed by atoms with Crippen molar-refractivity contribution in [2.75, 3.05) is 6.54 Å². The summed E-state index contributed by atoms with van der Waals surface area (Å²) in [5, 5.41) is 0. The van der Waals surface area contributed by atoms with Crippen LogP contribution in [0.3, 0.4) is 0 Å². The van der Waals surface area contributed by atoms with Gasteiger partial charge in [0, 0.05) is 24.4 Å². The average molecular weight is 205 g/mol. The topological polar surface area (TPSA) is 43.8 Å². The van der Waals surface area contributed by atoms with Crippen molar-refractivity contribution < 1.29 is 0 Å². The van der Waals surface area contributed by atoms with Gasteiger partial charge in [0.25, 0.3) is 0 Å². The second kappa shape index (κ2) is 3.63. The van der Waals surface area contributed by atoms with E-state index in [2.05, 4.69) is 9.55 Å². The van der Waals surface area contributed by atoms with Gasteiger partial charge in [-0.2, -0.15) is 0 Å². The second-order valence-electron chi connectivity index (χ2n) is 5.07. The number of rotatable bonds is 3. The number of nitrogens with zero attached hydrogens (tertiary/aromatic N) is 2. The minimum absolute atomic E-state index is 0.729. The van der Waals surface area contributed by atoms with Gasteiger partial charge in [0.15, 0.2) is 0 Å². The van der Waals surface area contributed by atoms with Crippen LogP contribution in [0.5, 0.6) is 0 Å². The molecule has 0 amide bonds. The van der Waals surface area contributed by atoms with E-state index in [1.807, 2.05) is 12.5 Å². The molecular formula is C12H19N3. The molecule has 2 aliphatic rings. The van der Waals surface area contributed by atoms with E-state index in [0.717, 1.165) is 30.8 Å². The van der Waals surface area contributed by atoms with Gasteiger partial charge < -0.3 is 10.3 Å². The van der Waals surface area contributed by atoms with Crippen LogP contribution < -0.4 is 5.73 Å². The highest BCUT2D eigenvalue weighted by molar-refractivity contribution is 5.05. The Morgan fingerprint density at radius 3 is 3.00 bits per heavy atom. The van der Waals surface area contributed by atoms with E-state index in [0.29, 0.717) is 0 Å². The first-order chi connectivity index (χ1) is 7.38. The lowest BCUT2D eigenvalue weighted by atomic mass is 9.95. The Labute approximate surface area is 90.7 Å². The highest BCUT2D eigenvalue weighted by atomic mass is 15.1. The van der Waals surface area contributed by atoms with Crippen LogP contribution in [0.15, 0.2) is 12.5 Å². The molecule has 1 aromatic rings. The van der Waals surface area contributed by atoms with Crippen molar-refractivity contribution in [1.82, 2.24) is 9.55 Å². The zero-order valence-corrected chi connectivity index (χ0v) is 9.10. The molecule has 2 aliphatic carbocycles. The normalized spacial score (nSPS) is 33.8. The molecule has 3 nitrogen and oxygen atoms in total. The SMILES string of the molecule is NCCc1cncn1C1CC2CCC1C2. The largest absolute Gasteiger partial charge is 0.331 e. The second-order valence-corrected chi connectivity index (χ2v) is 5.07. The first-order valence-electron chi connectivity index (χ1n) is 6.09. The Kier molecular flexibility index (Phi) is 2.28. The van der Waals surface area contributed by atoms with Gasteiger partial charge in [0.05, 0.1) is 6.33 Å². The van der Waals surface area contributed by atoms with E-state index in [1.165, 1.54) is 31.4 Å². The highest BCUT2D eigenvalue weighted by Gasteiger charge is 2.40. The third kappa shape index (κ3) is 1.49. The minimum atomic E-state index is 0.729. The molecule has 15 heavy (non-hydrogen) atoms. The maximum atomic E-state index is 5.62. The molecular weight excluding hydrogens is 186 g/mol. The summed E-state index contributed by atoms with van der Waals surface area (Å²) in [6.45, 7) is 0.729. The van der Waals surface area contributed by atoms with Crippen LogP contribution >= 0.6 is 0 Å². The molecule has 0 radical (unpaired) electrons. The van der Waals surface area contributed by atoms with E-state index in [-0.39, 0.29) is 0 Å². The predicted octanol–water partition coefficient (Wildman–Crippen LogP) is 1.75. The minimum Gasteiger partial charge on any atom is -0.331 e. The Balaban J connectivity index is 1.83. The molecule has 0 aromatic carbocycles. The Hall–Kier alpha value is -0.830. The van der Waals surface area contributed by atoms with Gasteiger partial charge in [0.2, 0.25) is 0 Å². The molecule has 0 spiro atoms. The first-order valence-corrected chi connectivity index (χ1v) is 6.09. The van der Waals surface area contributed by atoms with Gasteiger partial charge in [-0.15, -0.1) is 0 Å². The molecule has 3 atom stereocenters. The van der Waals surface area contributed by atoms with Gasteiger partial charge in [-0.1, -0.05) is 6.42 Å². The fourth-order valence-electron chi connectivity index (χ4n) is 3.52. The van der Waals surface area contributed by atoms with Crippen LogP contribution in [-0.4, -0.2) is 16.1 Å². The Morgan fingerprint density at radius 2 is 2.33 bits per heavy atom. The number of fused-ring (bicyclic) bond motifs is 2. The van der Waals surface area contributed by atoms with Gasteiger partial charge in [-0.05, 0) is 37.6 Å². The third-order valence-electron chi connectivity index (χ3n) is 4.20. The fourth-order valence-corrected chi connectivity index (χ4v) is 3.52. The molecule has 3 rings (SSSR count). The Bertz CT molecular complexity index is 344. The van der Waals surface area contributed by atoms with Crippen LogP contribution in [0.4, 0.5) is 0 Å². The van der Waals surface area contributed by atoms with E-state index in [9.17, 15) is 0 Å². The van der Waals surface area contributed by atoms with Crippen LogP contribution in [0, 0.1) is 11.8 Å². The van der Waals surface area contributed by atoms with Crippen molar-refractivity contribution in [1.29, 1.82) is 0 Å². The summed E-state index contributed by atoms with van der Waals surface area (Å²) in [5.74, 6) is 1.91. The van der Waals surface area contributed by atoms with E-state index < -0.39 is 0 Å². The predicted molar refractivity (Wildman–Crippen MR) is 59.5 cm³/mol. The molecule has 0 aliphatic heterocycles. The maximum absolute atomic E-state index is 5.62. The van der Waals surface area contributed by atoms with E-state index >= 15 is 0 Å². The van der Waals surface area contributed by atoms with Crippen LogP contribution in [0.25, 0.3) is 0 Å². The van der Waals surface area contributed by atoms with Gasteiger partial charge in [-0.3, -0.25) is 0 Å². The van der Waals surface area contributed by atoms with Crippen molar-refractivity contribution in [3.63, 3.8) is 0 Å². The number of aromatic nitrogens is 2. The molecule has 2 N–H and O–H groups in total. The van der Waals surface area contributed by atoms with Crippen LogP contribution in [0.1, 0.15) is 37.4 Å². The van der Waals surface area contributed by atoms with Crippen LogP contribution in [0.2, 0.25) is 0 Å². The van der Waals surface area contributed by atoms with Gasteiger partial charge in [0.1, 0.15) is 0 Å². The Morgan fingerprint density at radius 1 is 1.40 bits per heavy atom. The molecule has 1 aromatic heterocycles. The summed E-state index contributed by atoms with van der Waals surface area (Å²) in [5.41, 5.74) is 6.95. The number of hydrogen-bond acceptors (Lipinski definition) is 2. The summed E-state index contributed by atoms with van der Waals surface area (Å²) in [6.07, 6.45) is 10.7. The quantitative estimate of drug-likeness (QED) is 0.817. The van der Waals surface area contributed by atoms with E-state index in [4.69, 9.17) is 5.73 Å². The molecule has 0 saturated heterocycles. The molecule has 1 heterocycles. The fraction of sp³-hybridized carbons (Fsp3) is 0.750. The van der Waals surface area contributed by atoms with Crippen molar-refractivity contribution in [3.05, 3.63) is 18.2 Å². The third-order valence-corrected chi connectivity index (χ3v) is 4.20. The molecule has 2 saturated carbocycles. The maximum Gasteiger partial charge on any atom is 0.0950 e. The van der Waals surface area contributed by atoms with Crippen molar-refractivity contribution in [2.24, 2.45) is 17.6 Å². The van der Waals surface area contributed by atoms with Gasteiger partial charge >= 0.3 is 0 Å². The summed E-state index contributed by atoms with van der Waals surface area (Å²) in [7, 11) is 0. The lowest BCUT2D eigenvalue weighted by molar-refractivity contribution is 0.323. The van der Waals surface area contributed by atoms with E-state index in [1.54, 1.807) is 0 Å².